The first-order valence-corrected chi connectivity index (χ1v) is 11.5. The normalized spacial score (nSPS) is 46.4. The summed E-state index contributed by atoms with van der Waals surface area (Å²) in [6, 6.07) is 0. The molecular formula is C24H35N3O2. The van der Waals surface area contributed by atoms with Gasteiger partial charge in [0.1, 0.15) is 6.54 Å². The third kappa shape index (κ3) is 2.95. The van der Waals surface area contributed by atoms with E-state index < -0.39 is 5.60 Å². The first kappa shape index (κ1) is 19.5. The lowest BCUT2D eigenvalue weighted by Crippen LogP contribution is -2.51. The molecule has 0 spiro atoms. The molecule has 0 aliphatic heterocycles. The van der Waals surface area contributed by atoms with Crippen molar-refractivity contribution in [2.24, 2.45) is 34.5 Å². The molecule has 3 saturated carbocycles. The first-order valence-electron chi connectivity index (χ1n) is 11.5. The zero-order chi connectivity index (χ0) is 20.4. The average molecular weight is 398 g/mol. The van der Waals surface area contributed by atoms with Gasteiger partial charge in [-0.15, -0.1) is 5.10 Å². The van der Waals surface area contributed by atoms with Gasteiger partial charge in [0, 0.05) is 12.1 Å². The topological polar surface area (TPSA) is 68.0 Å². The molecule has 1 aromatic rings. The summed E-state index contributed by atoms with van der Waals surface area (Å²) >= 11 is 0. The number of fused-ring (bicyclic) bond motifs is 5. The van der Waals surface area contributed by atoms with E-state index in [1.54, 1.807) is 22.6 Å². The monoisotopic (exact) mass is 397 g/mol. The van der Waals surface area contributed by atoms with Crippen molar-refractivity contribution in [2.45, 2.75) is 84.3 Å². The second kappa shape index (κ2) is 6.50. The number of aliphatic hydroxyl groups is 1. The van der Waals surface area contributed by atoms with E-state index in [1.165, 1.54) is 19.3 Å². The molecule has 4 aliphatic rings. The van der Waals surface area contributed by atoms with Gasteiger partial charge in [-0.2, -0.15) is 0 Å². The molecule has 5 nitrogen and oxygen atoms in total. The van der Waals surface area contributed by atoms with Gasteiger partial charge >= 0.3 is 0 Å². The van der Waals surface area contributed by atoms with Crippen LogP contribution < -0.4 is 0 Å². The minimum absolute atomic E-state index is 0.0786. The lowest BCUT2D eigenvalue weighted by Gasteiger charge is -2.58. The van der Waals surface area contributed by atoms with Crippen LogP contribution in [0.15, 0.2) is 24.0 Å². The van der Waals surface area contributed by atoms with Crippen LogP contribution in [0.5, 0.6) is 0 Å². The van der Waals surface area contributed by atoms with Crippen molar-refractivity contribution in [3.05, 3.63) is 24.0 Å². The smallest absolute Gasteiger partial charge is 0.157 e. The summed E-state index contributed by atoms with van der Waals surface area (Å²) in [6.45, 7) is 7.22. The molecule has 1 aromatic heterocycles. The predicted octanol–water partition coefficient (Wildman–Crippen LogP) is 4.18. The van der Waals surface area contributed by atoms with Gasteiger partial charge < -0.3 is 5.11 Å². The molecule has 5 rings (SSSR count). The van der Waals surface area contributed by atoms with Crippen molar-refractivity contribution in [3.8, 4) is 0 Å². The molecule has 0 aromatic carbocycles. The number of ketones is 1. The van der Waals surface area contributed by atoms with Crippen LogP contribution in [0.25, 0.3) is 0 Å². The van der Waals surface area contributed by atoms with E-state index in [0.29, 0.717) is 30.1 Å². The Bertz CT molecular complexity index is 829. The van der Waals surface area contributed by atoms with Gasteiger partial charge in [-0.25, -0.2) is 4.68 Å². The largest absolute Gasteiger partial charge is 0.390 e. The SMILES string of the molecule is C[C@@]1(O)CC[C@]2(C)C3=CC[C@]4(C)[C@@H](C(=O)Cn5ccnn5)CC[C@H]4[C@@H]3CC[C@@H]2C1. The summed E-state index contributed by atoms with van der Waals surface area (Å²) in [7, 11) is 0. The molecule has 0 radical (unpaired) electrons. The van der Waals surface area contributed by atoms with Crippen LogP contribution in [-0.2, 0) is 11.3 Å². The van der Waals surface area contributed by atoms with E-state index >= 15 is 0 Å². The van der Waals surface area contributed by atoms with Crippen LogP contribution >= 0.6 is 0 Å². The second-order valence-electron chi connectivity index (χ2n) is 11.2. The van der Waals surface area contributed by atoms with Gasteiger partial charge in [0.15, 0.2) is 5.78 Å². The van der Waals surface area contributed by atoms with E-state index in [9.17, 15) is 9.90 Å². The Hall–Kier alpha value is -1.49. The average Bonchev–Trinajstić information content (AvgIpc) is 3.29. The molecule has 5 heteroatoms. The quantitative estimate of drug-likeness (QED) is 0.777. The van der Waals surface area contributed by atoms with Gasteiger partial charge in [0.25, 0.3) is 0 Å². The van der Waals surface area contributed by atoms with E-state index in [2.05, 4.69) is 30.2 Å². The van der Waals surface area contributed by atoms with Crippen LogP contribution in [0.4, 0.5) is 0 Å². The highest BCUT2D eigenvalue weighted by Gasteiger charge is 2.59. The number of carbonyl (C=O) groups excluding carboxylic acids is 1. The second-order valence-corrected chi connectivity index (χ2v) is 11.2. The predicted molar refractivity (Wildman–Crippen MR) is 111 cm³/mol. The van der Waals surface area contributed by atoms with Gasteiger partial charge in [-0.1, -0.05) is 30.7 Å². The number of nitrogens with zero attached hydrogens (tertiary/aromatic N) is 3. The van der Waals surface area contributed by atoms with Crippen molar-refractivity contribution in [1.29, 1.82) is 0 Å². The number of hydrogen-bond donors (Lipinski definition) is 1. The number of carbonyl (C=O) groups is 1. The molecule has 7 atom stereocenters. The summed E-state index contributed by atoms with van der Waals surface area (Å²) in [5.74, 6) is 2.30. The van der Waals surface area contributed by atoms with Crippen molar-refractivity contribution in [2.75, 3.05) is 0 Å². The Kier molecular flexibility index (Phi) is 4.37. The molecule has 1 N–H and O–H groups in total. The Morgan fingerprint density at radius 3 is 2.79 bits per heavy atom. The molecule has 29 heavy (non-hydrogen) atoms. The molecule has 0 saturated heterocycles. The number of rotatable bonds is 3. The highest BCUT2D eigenvalue weighted by molar-refractivity contribution is 5.82. The maximum atomic E-state index is 13.2. The summed E-state index contributed by atoms with van der Waals surface area (Å²) in [5.41, 5.74) is 1.51. The van der Waals surface area contributed by atoms with Crippen LogP contribution in [0.3, 0.4) is 0 Å². The minimum atomic E-state index is -0.493. The number of Topliss-reactive ketones (excluding diaryl/α,β-unsaturated/α-hetero) is 1. The van der Waals surface area contributed by atoms with Crippen LogP contribution in [-0.4, -0.2) is 31.5 Å². The number of allylic oxidation sites excluding steroid dienone is 2. The lowest BCUT2D eigenvalue weighted by molar-refractivity contribution is -0.128. The number of hydrogen-bond acceptors (Lipinski definition) is 4. The van der Waals surface area contributed by atoms with Crippen LogP contribution in [0.1, 0.15) is 72.1 Å². The fourth-order valence-electron chi connectivity index (χ4n) is 7.82. The Labute approximate surface area is 173 Å². The summed E-state index contributed by atoms with van der Waals surface area (Å²) in [6.07, 6.45) is 14.6. The van der Waals surface area contributed by atoms with Gasteiger partial charge in [0.2, 0.25) is 0 Å². The zero-order valence-corrected chi connectivity index (χ0v) is 18.1. The van der Waals surface area contributed by atoms with Crippen molar-refractivity contribution in [1.82, 2.24) is 15.0 Å². The fraction of sp³-hybridized carbons (Fsp3) is 0.792. The van der Waals surface area contributed by atoms with Gasteiger partial charge in [-0.05, 0) is 86.9 Å². The third-order valence-electron chi connectivity index (χ3n) is 9.49. The van der Waals surface area contributed by atoms with Crippen molar-refractivity contribution < 1.29 is 9.90 Å². The van der Waals surface area contributed by atoms with Crippen molar-refractivity contribution in [3.63, 3.8) is 0 Å². The molecule has 3 fully saturated rings. The third-order valence-corrected chi connectivity index (χ3v) is 9.49. The zero-order valence-electron chi connectivity index (χ0n) is 18.1. The molecule has 158 valence electrons. The maximum Gasteiger partial charge on any atom is 0.157 e. The summed E-state index contributed by atoms with van der Waals surface area (Å²) in [4.78, 5) is 13.2. The first-order chi connectivity index (χ1) is 13.7. The number of aromatic nitrogens is 3. The van der Waals surface area contributed by atoms with Crippen LogP contribution in [0.2, 0.25) is 0 Å². The fourth-order valence-corrected chi connectivity index (χ4v) is 7.82. The van der Waals surface area contributed by atoms with E-state index in [4.69, 9.17) is 0 Å². The molecular weight excluding hydrogens is 362 g/mol. The summed E-state index contributed by atoms with van der Waals surface area (Å²) < 4.78 is 1.67. The standard InChI is InChI=1S/C24H35N3O2/c1-22(29)10-11-23(2)16(14-22)4-5-17-18-6-7-20(24(18,3)9-8-19(17)23)21(28)15-27-13-12-25-26-27/h8,12-13,16-18,20,29H,4-7,9-11,14-15H2,1-3H3/t16-,17+,18+,20-,22-,23+,24+/m1/s1. The Balaban J connectivity index is 1.40. The van der Waals surface area contributed by atoms with E-state index in [0.717, 1.165) is 32.1 Å². The van der Waals surface area contributed by atoms with E-state index in [-0.39, 0.29) is 16.7 Å². The Morgan fingerprint density at radius 2 is 2.03 bits per heavy atom. The summed E-state index contributed by atoms with van der Waals surface area (Å²) in [5, 5.41) is 18.5. The highest BCUT2D eigenvalue weighted by Crippen LogP contribution is 2.66. The molecule has 0 unspecified atom stereocenters. The molecule has 4 aliphatic carbocycles. The van der Waals surface area contributed by atoms with E-state index in [1.807, 2.05) is 6.92 Å². The van der Waals surface area contributed by atoms with Gasteiger partial charge in [0.05, 0.1) is 11.8 Å². The molecule has 1 heterocycles. The molecule has 0 amide bonds. The maximum absolute atomic E-state index is 13.2. The lowest BCUT2D eigenvalue weighted by atomic mass is 9.47. The van der Waals surface area contributed by atoms with Crippen LogP contribution in [0, 0.1) is 34.5 Å². The molecule has 0 bridgehead atoms. The minimum Gasteiger partial charge on any atom is -0.390 e. The van der Waals surface area contributed by atoms with Crippen molar-refractivity contribution >= 4 is 5.78 Å². The Morgan fingerprint density at radius 1 is 1.21 bits per heavy atom. The highest BCUT2D eigenvalue weighted by atomic mass is 16.3. The van der Waals surface area contributed by atoms with Gasteiger partial charge in [-0.3, -0.25) is 4.79 Å².